The summed E-state index contributed by atoms with van der Waals surface area (Å²) in [7, 11) is -2.55. The first-order valence-electron chi connectivity index (χ1n) is 21.1. The number of pyridine rings is 1. The number of nitrogens with one attached hydrogen (secondary N) is 2. The lowest BCUT2D eigenvalue weighted by molar-refractivity contribution is -0.156. The van der Waals surface area contributed by atoms with E-state index in [-0.39, 0.29) is 37.6 Å². The molecule has 4 amide bonds. The first kappa shape index (κ1) is 44.3. The van der Waals surface area contributed by atoms with Crippen LogP contribution in [0, 0.1) is 17.8 Å². The van der Waals surface area contributed by atoms with Gasteiger partial charge < -0.3 is 29.5 Å². The molecular formula is C43H57F2N5O10S. The van der Waals surface area contributed by atoms with E-state index in [4.69, 9.17) is 19.2 Å². The predicted octanol–water partition coefficient (Wildman–Crippen LogP) is 5.58. The van der Waals surface area contributed by atoms with E-state index in [9.17, 15) is 27.9 Å². The fraction of sp³-hybridized carbons (Fsp3) is 0.651. The summed E-state index contributed by atoms with van der Waals surface area (Å²) in [5.74, 6) is -6.56. The Labute approximate surface area is 355 Å². The fourth-order valence-electron chi connectivity index (χ4n) is 9.11. The number of nitrogens with zero attached hydrogens (tertiary/aromatic N) is 3. The van der Waals surface area contributed by atoms with Crippen LogP contribution in [0.1, 0.15) is 98.5 Å². The lowest BCUT2D eigenvalue weighted by atomic mass is 9.84. The van der Waals surface area contributed by atoms with Crippen molar-refractivity contribution in [1.82, 2.24) is 24.8 Å². The number of carboxylic acid groups (broad SMARTS) is 1. The standard InChI is InChI=1S/C43H57F2N5O10S/c1-24-11-8-9-12-26-22-43(26,38(53)48-61(56,57)41(5)16-17-41)47-34(51)32-21-28(60-36-30-15-14-27(58-7)20-31(30)29-13-10-18-59-35(29)46-36)23-49(32)37(52)33(25(2)19-24)50(39(54)55)40(3,4)42(6,44)45/h9,12,14-15,20,24-26,28,32-33H,8,10-11,13,16-19,21-23H2,1-7H3,(H,47,51)(H,48,53)(H,54,55)/t24-,25-,26-,28-,32+,33+,43-/m1/s1. The number of allylic oxidation sites excluding steroid dienone is 1. The van der Waals surface area contributed by atoms with Crippen molar-refractivity contribution in [3.63, 3.8) is 0 Å². The van der Waals surface area contributed by atoms with Gasteiger partial charge >= 0.3 is 6.09 Å². The second kappa shape index (κ2) is 15.9. The molecule has 1 saturated heterocycles. The third-order valence-electron chi connectivity index (χ3n) is 13.7. The van der Waals surface area contributed by atoms with E-state index < -0.39 is 85.6 Å². The maximum atomic E-state index is 15.4. The highest BCUT2D eigenvalue weighted by Gasteiger charge is 2.63. The van der Waals surface area contributed by atoms with E-state index in [0.29, 0.717) is 67.6 Å². The van der Waals surface area contributed by atoms with Crippen molar-refractivity contribution in [1.29, 1.82) is 0 Å². The molecule has 3 N–H and O–H groups in total. The van der Waals surface area contributed by atoms with Gasteiger partial charge in [-0.1, -0.05) is 26.0 Å². The van der Waals surface area contributed by atoms with Crippen LogP contribution in [0.25, 0.3) is 10.8 Å². The first-order chi connectivity index (χ1) is 28.5. The Morgan fingerprint density at radius 2 is 1.85 bits per heavy atom. The van der Waals surface area contributed by atoms with Crippen LogP contribution < -0.4 is 24.2 Å². The van der Waals surface area contributed by atoms with Gasteiger partial charge in [0.15, 0.2) is 0 Å². The zero-order chi connectivity index (χ0) is 44.4. The first-order valence-corrected chi connectivity index (χ1v) is 22.6. The number of alkyl halides is 2. The Morgan fingerprint density at radius 1 is 1.13 bits per heavy atom. The van der Waals surface area contributed by atoms with Gasteiger partial charge in [0.2, 0.25) is 33.6 Å². The Hall–Kier alpha value is -4.74. The smallest absolute Gasteiger partial charge is 0.408 e. The molecule has 0 unspecified atom stereocenters. The molecule has 0 bridgehead atoms. The van der Waals surface area contributed by atoms with Crippen LogP contribution in [0.4, 0.5) is 13.6 Å². The molecule has 1 aromatic heterocycles. The van der Waals surface area contributed by atoms with E-state index >= 15 is 13.6 Å². The van der Waals surface area contributed by atoms with Crippen LogP contribution in [0.2, 0.25) is 0 Å². The van der Waals surface area contributed by atoms with Crippen LogP contribution in [-0.4, -0.2) is 112 Å². The number of sulfonamides is 1. The van der Waals surface area contributed by atoms with Crippen molar-refractivity contribution in [2.45, 2.75) is 139 Å². The normalized spacial score (nSPS) is 29.1. The molecule has 3 aliphatic heterocycles. The average molecular weight is 874 g/mol. The number of benzene rings is 1. The summed E-state index contributed by atoms with van der Waals surface area (Å²) in [4.78, 5) is 63.6. The SMILES string of the molecule is COc1ccc2c(O[C@@H]3C[C@H]4C(=O)N[C@]5(C(=O)NS(=O)(=O)C6(C)CC6)C[C@H]5C=CCC[C@@H](C)C[C@@H](C)[C@H](N(C(=O)O)C(C)(C)C(C)(F)F)C(=O)N4C3)nc3c(c2c1)CCCO3. The molecule has 15 nitrogen and oxygen atoms in total. The molecular weight excluding hydrogens is 817 g/mol. The van der Waals surface area contributed by atoms with Gasteiger partial charge in [0.05, 0.1) is 25.0 Å². The molecule has 2 saturated carbocycles. The van der Waals surface area contributed by atoms with Gasteiger partial charge in [-0.25, -0.2) is 22.0 Å². The lowest BCUT2D eigenvalue weighted by Crippen LogP contribution is -2.66. The molecule has 18 heteroatoms. The quantitative estimate of drug-likeness (QED) is 0.266. The minimum Gasteiger partial charge on any atom is -0.497 e. The van der Waals surface area contributed by atoms with Gasteiger partial charge in [-0.2, -0.15) is 4.98 Å². The van der Waals surface area contributed by atoms with E-state index in [0.717, 1.165) is 36.1 Å². The minimum absolute atomic E-state index is 0.0875. The molecule has 0 spiro atoms. The highest BCUT2D eigenvalue weighted by Crippen LogP contribution is 2.48. The van der Waals surface area contributed by atoms with E-state index in [1.807, 2.05) is 19.1 Å². The van der Waals surface area contributed by atoms with Gasteiger partial charge in [0.1, 0.15) is 35.0 Å². The Bertz CT molecular complexity index is 2240. The Kier molecular flexibility index (Phi) is 11.5. The third kappa shape index (κ3) is 8.20. The third-order valence-corrected chi connectivity index (χ3v) is 15.9. The molecule has 4 heterocycles. The van der Waals surface area contributed by atoms with Crippen molar-refractivity contribution in [3.8, 4) is 17.5 Å². The number of methoxy groups -OCH3 is 1. The topological polar surface area (TPSA) is 194 Å². The highest BCUT2D eigenvalue weighted by atomic mass is 32.2. The number of aryl methyl sites for hydroxylation is 1. The lowest BCUT2D eigenvalue weighted by Gasteiger charge is -2.47. The van der Waals surface area contributed by atoms with Crippen molar-refractivity contribution >= 4 is 44.6 Å². The predicted molar refractivity (Wildman–Crippen MR) is 220 cm³/mol. The van der Waals surface area contributed by atoms with E-state index in [1.54, 1.807) is 39.2 Å². The van der Waals surface area contributed by atoms with Crippen molar-refractivity contribution in [3.05, 3.63) is 35.9 Å². The number of hydrogen-bond acceptors (Lipinski definition) is 10. The molecule has 3 fully saturated rings. The number of carbonyl (C=O) groups excluding carboxylic acids is 3. The number of carbonyl (C=O) groups is 4. The molecule has 2 aliphatic carbocycles. The molecule has 61 heavy (non-hydrogen) atoms. The molecule has 334 valence electrons. The summed E-state index contributed by atoms with van der Waals surface area (Å²) < 4.78 is 76.6. The summed E-state index contributed by atoms with van der Waals surface area (Å²) >= 11 is 0. The van der Waals surface area contributed by atoms with E-state index in [2.05, 4.69) is 10.0 Å². The number of hydrogen-bond donors (Lipinski definition) is 3. The fourth-order valence-corrected chi connectivity index (χ4v) is 10.4. The zero-order valence-corrected chi connectivity index (χ0v) is 36.6. The molecule has 1 aromatic carbocycles. The van der Waals surface area contributed by atoms with Crippen molar-refractivity contribution in [2.75, 3.05) is 20.3 Å². The molecule has 5 aliphatic rings. The summed E-state index contributed by atoms with van der Waals surface area (Å²) in [5, 5.41) is 14.9. The minimum atomic E-state index is -4.10. The second-order valence-corrected chi connectivity index (χ2v) is 20.8. The number of ether oxygens (including phenoxy) is 3. The largest absolute Gasteiger partial charge is 0.497 e. The van der Waals surface area contributed by atoms with Crippen LogP contribution in [0.15, 0.2) is 30.4 Å². The molecule has 7 atom stereocenters. The summed E-state index contributed by atoms with van der Waals surface area (Å²) in [6.45, 7) is 8.01. The Morgan fingerprint density at radius 3 is 2.51 bits per heavy atom. The van der Waals surface area contributed by atoms with Crippen molar-refractivity contribution < 1.29 is 55.7 Å². The maximum Gasteiger partial charge on any atom is 0.408 e. The van der Waals surface area contributed by atoms with Gasteiger partial charge in [0, 0.05) is 30.2 Å². The zero-order valence-electron chi connectivity index (χ0n) is 35.8. The highest BCUT2D eigenvalue weighted by molar-refractivity contribution is 7.91. The molecule has 7 rings (SSSR count). The molecule has 2 aromatic rings. The van der Waals surface area contributed by atoms with Crippen LogP contribution >= 0.6 is 0 Å². The maximum absolute atomic E-state index is 15.4. The summed E-state index contributed by atoms with van der Waals surface area (Å²) in [6, 6.07) is 2.31. The number of aromatic nitrogens is 1. The van der Waals surface area contributed by atoms with Gasteiger partial charge in [-0.05, 0) is 108 Å². The summed E-state index contributed by atoms with van der Waals surface area (Å²) in [5.41, 5.74) is -3.19. The van der Waals surface area contributed by atoms with Gasteiger partial charge in [-0.3, -0.25) is 24.0 Å². The summed E-state index contributed by atoms with van der Waals surface area (Å²) in [6.07, 6.45) is 4.47. The van der Waals surface area contributed by atoms with Gasteiger partial charge in [0.25, 0.3) is 11.8 Å². The van der Waals surface area contributed by atoms with E-state index in [1.165, 1.54) is 0 Å². The van der Waals surface area contributed by atoms with Crippen LogP contribution in [0.3, 0.4) is 0 Å². The monoisotopic (exact) mass is 873 g/mol. The number of fused-ring (bicyclic) bond motifs is 5. The second-order valence-electron chi connectivity index (χ2n) is 18.6. The number of halogens is 2. The van der Waals surface area contributed by atoms with Gasteiger partial charge in [-0.15, -0.1) is 0 Å². The van der Waals surface area contributed by atoms with Crippen LogP contribution in [-0.2, 0) is 30.8 Å². The number of rotatable bonds is 9. The molecule has 0 radical (unpaired) electrons. The average Bonchev–Trinajstić information content (AvgIpc) is 4.07. The van der Waals surface area contributed by atoms with Crippen LogP contribution in [0.5, 0.6) is 17.5 Å². The Balaban J connectivity index is 1.31. The number of amides is 4. The van der Waals surface area contributed by atoms with Crippen molar-refractivity contribution in [2.24, 2.45) is 17.8 Å².